The Bertz CT molecular complexity index is 172. The summed E-state index contributed by atoms with van der Waals surface area (Å²) in [6, 6.07) is 0. The third-order valence-electron chi connectivity index (χ3n) is 1.60. The lowest BCUT2D eigenvalue weighted by Crippen LogP contribution is -2.22. The zero-order valence-corrected chi connectivity index (χ0v) is 5.13. The average Bonchev–Trinajstić information content (AvgIpc) is 2.33. The van der Waals surface area contributed by atoms with Crippen molar-refractivity contribution in [1.29, 1.82) is 0 Å². The number of fused-ring (bicyclic) bond motifs is 1. The summed E-state index contributed by atoms with van der Waals surface area (Å²) in [5, 5.41) is 0. The Hall–Kier alpha value is -0.920. The molecule has 0 saturated carbocycles. The van der Waals surface area contributed by atoms with E-state index in [1.54, 1.807) is 0 Å². The van der Waals surface area contributed by atoms with E-state index in [0.717, 1.165) is 19.7 Å². The maximum Gasteiger partial charge on any atom is 0.160 e. The molecule has 0 bridgehead atoms. The summed E-state index contributed by atoms with van der Waals surface area (Å²) in [4.78, 5) is 2.19. The fourth-order valence-electron chi connectivity index (χ4n) is 1.06. The van der Waals surface area contributed by atoms with Gasteiger partial charge in [-0.05, 0) is 6.08 Å². The van der Waals surface area contributed by atoms with Crippen molar-refractivity contribution in [2.45, 2.75) is 6.42 Å². The summed E-state index contributed by atoms with van der Waals surface area (Å²) in [5.41, 5.74) is 1.26. The Morgan fingerprint density at radius 1 is 1.67 bits per heavy atom. The predicted molar refractivity (Wildman–Crippen MR) is 33.2 cm³/mol. The third-order valence-corrected chi connectivity index (χ3v) is 1.60. The van der Waals surface area contributed by atoms with Crippen LogP contribution in [-0.4, -0.2) is 18.2 Å². The molecule has 0 aromatic carbocycles. The van der Waals surface area contributed by atoms with Crippen molar-refractivity contribution in [2.24, 2.45) is 0 Å². The van der Waals surface area contributed by atoms with Crippen molar-refractivity contribution in [3.05, 3.63) is 24.1 Å². The molecule has 0 aliphatic carbocycles. The predicted octanol–water partition coefficient (Wildman–Crippen LogP) is 0.881. The van der Waals surface area contributed by atoms with Gasteiger partial charge in [0.25, 0.3) is 0 Å². The second-order valence-corrected chi connectivity index (χ2v) is 2.21. The molecule has 2 heterocycles. The molecule has 1 radical (unpaired) electrons. The first-order valence-corrected chi connectivity index (χ1v) is 3.07. The van der Waals surface area contributed by atoms with Gasteiger partial charge in [0.05, 0.1) is 5.70 Å². The Kier molecular flexibility index (Phi) is 0.979. The number of rotatable bonds is 0. The Morgan fingerprint density at radius 3 is 3.56 bits per heavy atom. The number of ether oxygens (including phenoxy) is 1. The van der Waals surface area contributed by atoms with Crippen LogP contribution in [0.1, 0.15) is 6.42 Å². The van der Waals surface area contributed by atoms with Crippen molar-refractivity contribution < 1.29 is 4.74 Å². The molecule has 47 valence electrons. The maximum absolute atomic E-state index is 5.10. The normalized spacial score (nSPS) is 23.1. The first-order valence-electron chi connectivity index (χ1n) is 3.07. The fraction of sp³-hybridized carbons (Fsp3) is 0.429. The second-order valence-electron chi connectivity index (χ2n) is 2.21. The van der Waals surface area contributed by atoms with Crippen LogP contribution in [0.15, 0.2) is 18.0 Å². The first kappa shape index (κ1) is 4.91. The molecule has 2 nitrogen and oxygen atoms in total. The lowest BCUT2D eigenvalue weighted by atomic mass is 10.2. The highest BCUT2D eigenvalue weighted by atomic mass is 16.5. The van der Waals surface area contributed by atoms with E-state index in [1.165, 1.54) is 5.70 Å². The van der Waals surface area contributed by atoms with E-state index in [0.29, 0.717) is 0 Å². The number of hydrogen-bond donors (Lipinski definition) is 0. The van der Waals surface area contributed by atoms with E-state index in [4.69, 9.17) is 4.74 Å². The van der Waals surface area contributed by atoms with Gasteiger partial charge in [-0.3, -0.25) is 0 Å². The number of allylic oxidation sites excluding steroid dienone is 1. The first-order chi connectivity index (χ1) is 4.47. The van der Waals surface area contributed by atoms with Crippen molar-refractivity contribution in [3.63, 3.8) is 0 Å². The molecule has 2 aliphatic rings. The van der Waals surface area contributed by atoms with Gasteiger partial charge in [-0.25, -0.2) is 0 Å². The minimum Gasteiger partial charge on any atom is -0.479 e. The third kappa shape index (κ3) is 0.707. The largest absolute Gasteiger partial charge is 0.479 e. The van der Waals surface area contributed by atoms with Gasteiger partial charge in [-0.1, -0.05) is 6.08 Å². The highest BCUT2D eigenvalue weighted by molar-refractivity contribution is 5.09. The molecule has 9 heavy (non-hydrogen) atoms. The van der Waals surface area contributed by atoms with Crippen LogP contribution >= 0.6 is 0 Å². The van der Waals surface area contributed by atoms with Gasteiger partial charge in [-0.2, -0.15) is 0 Å². The molecule has 0 unspecified atom stereocenters. The van der Waals surface area contributed by atoms with Crippen LogP contribution in [0, 0.1) is 6.08 Å². The minimum absolute atomic E-state index is 0.730. The molecule has 0 fully saturated rings. The molecular formula is C7H8NO. The summed E-state index contributed by atoms with van der Waals surface area (Å²) in [6.07, 6.45) is 7.92. The van der Waals surface area contributed by atoms with Crippen LogP contribution < -0.4 is 0 Å². The van der Waals surface area contributed by atoms with E-state index < -0.39 is 0 Å². The summed E-state index contributed by atoms with van der Waals surface area (Å²) in [7, 11) is 0. The highest BCUT2D eigenvalue weighted by Gasteiger charge is 2.15. The summed E-state index contributed by atoms with van der Waals surface area (Å²) in [5.74, 6) is 0. The molecule has 0 spiro atoms. The molecule has 2 rings (SSSR count). The quantitative estimate of drug-likeness (QED) is 0.473. The minimum atomic E-state index is 0.730. The van der Waals surface area contributed by atoms with Gasteiger partial charge in [0, 0.05) is 13.0 Å². The van der Waals surface area contributed by atoms with E-state index >= 15 is 0 Å². The molecule has 2 heteroatoms. The van der Waals surface area contributed by atoms with Crippen molar-refractivity contribution in [1.82, 2.24) is 4.90 Å². The smallest absolute Gasteiger partial charge is 0.160 e. The van der Waals surface area contributed by atoms with Crippen molar-refractivity contribution >= 4 is 0 Å². The van der Waals surface area contributed by atoms with E-state index in [2.05, 4.69) is 11.0 Å². The molecule has 2 aliphatic heterocycles. The topological polar surface area (TPSA) is 12.5 Å². The Labute approximate surface area is 54.4 Å². The molecule has 0 N–H and O–H groups in total. The van der Waals surface area contributed by atoms with Crippen LogP contribution in [0.5, 0.6) is 0 Å². The molecular weight excluding hydrogens is 114 g/mol. The maximum atomic E-state index is 5.10. The molecule has 0 atom stereocenters. The van der Waals surface area contributed by atoms with Gasteiger partial charge >= 0.3 is 0 Å². The number of hydrogen-bond acceptors (Lipinski definition) is 2. The van der Waals surface area contributed by atoms with Crippen LogP contribution in [0.25, 0.3) is 0 Å². The zero-order chi connectivity index (χ0) is 6.10. The van der Waals surface area contributed by atoms with Crippen LogP contribution in [0.2, 0.25) is 0 Å². The summed E-state index contributed by atoms with van der Waals surface area (Å²) in [6.45, 7) is 1.69. The lowest BCUT2D eigenvalue weighted by molar-refractivity contribution is 0.173. The highest BCUT2D eigenvalue weighted by Crippen LogP contribution is 2.18. The summed E-state index contributed by atoms with van der Waals surface area (Å²) < 4.78 is 5.10. The van der Waals surface area contributed by atoms with Gasteiger partial charge in [0.1, 0.15) is 6.26 Å². The lowest BCUT2D eigenvalue weighted by Gasteiger charge is -2.19. The standard InChI is InChI=1S/C7H8NO/c1-2-4-8-6-9-5-7(8)3-1/h2,5H,3-4,6H2. The Morgan fingerprint density at radius 2 is 2.67 bits per heavy atom. The average molecular weight is 122 g/mol. The van der Waals surface area contributed by atoms with Gasteiger partial charge in [0.2, 0.25) is 0 Å². The van der Waals surface area contributed by atoms with Gasteiger partial charge in [-0.15, -0.1) is 0 Å². The monoisotopic (exact) mass is 122 g/mol. The molecule has 0 saturated heterocycles. The van der Waals surface area contributed by atoms with Crippen LogP contribution in [0.4, 0.5) is 0 Å². The van der Waals surface area contributed by atoms with Crippen LogP contribution in [-0.2, 0) is 4.74 Å². The van der Waals surface area contributed by atoms with E-state index in [-0.39, 0.29) is 0 Å². The van der Waals surface area contributed by atoms with E-state index in [9.17, 15) is 0 Å². The molecule has 0 amide bonds. The summed E-state index contributed by atoms with van der Waals surface area (Å²) >= 11 is 0. The van der Waals surface area contributed by atoms with E-state index in [1.807, 2.05) is 12.3 Å². The van der Waals surface area contributed by atoms with Crippen molar-refractivity contribution in [3.8, 4) is 0 Å². The molecule has 0 aromatic heterocycles. The van der Waals surface area contributed by atoms with Crippen molar-refractivity contribution in [2.75, 3.05) is 13.3 Å². The molecule has 0 aromatic rings. The van der Waals surface area contributed by atoms with Crippen LogP contribution in [0.3, 0.4) is 0 Å². The number of nitrogens with zero attached hydrogens (tertiary/aromatic N) is 1. The van der Waals surface area contributed by atoms with Gasteiger partial charge in [0.15, 0.2) is 6.73 Å². The SMILES string of the molecule is [C]1=CCN2COC=C2C1. The fourth-order valence-corrected chi connectivity index (χ4v) is 1.06. The van der Waals surface area contributed by atoms with Gasteiger partial charge < -0.3 is 9.64 Å². The zero-order valence-electron chi connectivity index (χ0n) is 5.13. The Balaban J connectivity index is 2.20. The second kappa shape index (κ2) is 1.79.